The molecule has 154 valence electrons. The monoisotopic (exact) mass is 413 g/mol. The predicted octanol–water partition coefficient (Wildman–Crippen LogP) is 5.88. The maximum atomic E-state index is 12.3. The molecule has 1 atom stereocenters. The van der Waals surface area contributed by atoms with Gasteiger partial charge in [-0.05, 0) is 62.9 Å². The molecule has 0 unspecified atom stereocenters. The van der Waals surface area contributed by atoms with Crippen LogP contribution in [-0.4, -0.2) is 24.5 Å². The number of rotatable bonds is 6. The average molecular weight is 414 g/mol. The quantitative estimate of drug-likeness (QED) is 0.601. The maximum Gasteiger partial charge on any atom is 0.407 e. The molecule has 0 aliphatic heterocycles. The number of carbonyl (C=O) groups excluding carboxylic acids is 2. The fourth-order valence-corrected chi connectivity index (χ4v) is 4.28. The lowest BCUT2D eigenvalue weighted by Crippen LogP contribution is -2.46. The van der Waals surface area contributed by atoms with E-state index in [0.717, 1.165) is 31.1 Å². The van der Waals surface area contributed by atoms with Crippen LogP contribution in [-0.2, 0) is 10.2 Å². The van der Waals surface area contributed by atoms with Gasteiger partial charge in [0, 0.05) is 28.5 Å². The number of nitrogens with one attached hydrogen (secondary N) is 1. The van der Waals surface area contributed by atoms with E-state index < -0.39 is 11.7 Å². The zero-order valence-corrected chi connectivity index (χ0v) is 18.0. The highest BCUT2D eigenvalue weighted by Crippen LogP contribution is 2.53. The van der Waals surface area contributed by atoms with Crippen LogP contribution in [0.25, 0.3) is 0 Å². The Bertz CT molecular complexity index is 866. The first-order valence-electron chi connectivity index (χ1n) is 10.0. The van der Waals surface area contributed by atoms with Crippen LogP contribution in [0.2, 0.25) is 5.02 Å². The first-order chi connectivity index (χ1) is 13.7. The summed E-state index contributed by atoms with van der Waals surface area (Å²) in [5.74, 6) is 0.0184. The molecule has 5 heteroatoms. The van der Waals surface area contributed by atoms with Crippen molar-refractivity contribution in [3.63, 3.8) is 0 Å². The van der Waals surface area contributed by atoms with Crippen molar-refractivity contribution in [3.05, 3.63) is 70.2 Å². The van der Waals surface area contributed by atoms with Crippen LogP contribution < -0.4 is 5.32 Å². The molecule has 1 amide bonds. The summed E-state index contributed by atoms with van der Waals surface area (Å²) in [5.41, 5.74) is 2.22. The number of hydrogen-bond acceptors (Lipinski definition) is 3. The van der Waals surface area contributed by atoms with Crippen molar-refractivity contribution in [3.8, 4) is 0 Å². The van der Waals surface area contributed by atoms with Crippen LogP contribution in [0.1, 0.15) is 67.4 Å². The van der Waals surface area contributed by atoms with E-state index in [-0.39, 0.29) is 11.3 Å². The Morgan fingerprint density at radius 1 is 1.21 bits per heavy atom. The number of amides is 1. The molecule has 0 radical (unpaired) electrons. The van der Waals surface area contributed by atoms with Gasteiger partial charge >= 0.3 is 6.09 Å². The summed E-state index contributed by atoms with van der Waals surface area (Å²) in [6, 6.07) is 15.6. The number of aldehydes is 1. The van der Waals surface area contributed by atoms with Gasteiger partial charge in [0.2, 0.25) is 0 Å². The Balaban J connectivity index is 1.94. The molecule has 0 saturated heterocycles. The van der Waals surface area contributed by atoms with Gasteiger partial charge in [0.15, 0.2) is 0 Å². The highest BCUT2D eigenvalue weighted by Gasteiger charge is 2.46. The predicted molar refractivity (Wildman–Crippen MR) is 116 cm³/mol. The summed E-state index contributed by atoms with van der Waals surface area (Å²) in [6.45, 7) is 5.97. The third-order valence-electron chi connectivity index (χ3n) is 5.63. The lowest BCUT2D eigenvalue weighted by atomic mass is 9.56. The largest absolute Gasteiger partial charge is 0.444 e. The molecule has 0 aromatic heterocycles. The first kappa shape index (κ1) is 21.4. The Morgan fingerprint density at radius 3 is 2.45 bits per heavy atom. The molecule has 0 spiro atoms. The molecule has 0 heterocycles. The van der Waals surface area contributed by atoms with E-state index in [0.29, 0.717) is 17.1 Å². The molecule has 1 aliphatic rings. The van der Waals surface area contributed by atoms with E-state index in [1.165, 1.54) is 5.56 Å². The summed E-state index contributed by atoms with van der Waals surface area (Å²) < 4.78 is 5.43. The second kappa shape index (κ2) is 8.58. The van der Waals surface area contributed by atoms with Crippen molar-refractivity contribution in [2.45, 2.75) is 57.0 Å². The SMILES string of the molecule is CC(C)(C)OC(=O)NC[C@H](c1cccc(C=O)c1)C1(c2ccc(Cl)cc2)CCC1. The van der Waals surface area contributed by atoms with Gasteiger partial charge in [-0.2, -0.15) is 0 Å². The number of hydrogen-bond donors (Lipinski definition) is 1. The lowest BCUT2D eigenvalue weighted by molar-refractivity contribution is 0.0511. The number of ether oxygens (including phenoxy) is 1. The normalized spacial score (nSPS) is 16.4. The second-order valence-electron chi connectivity index (χ2n) is 8.74. The Hall–Kier alpha value is -2.33. The average Bonchev–Trinajstić information content (AvgIpc) is 2.63. The van der Waals surface area contributed by atoms with Crippen LogP contribution in [0.15, 0.2) is 48.5 Å². The molecular weight excluding hydrogens is 386 g/mol. The fourth-order valence-electron chi connectivity index (χ4n) is 4.16. The van der Waals surface area contributed by atoms with Crippen molar-refractivity contribution in [1.29, 1.82) is 0 Å². The van der Waals surface area contributed by atoms with Gasteiger partial charge in [-0.15, -0.1) is 0 Å². The van der Waals surface area contributed by atoms with Crippen LogP contribution in [0, 0.1) is 0 Å². The summed E-state index contributed by atoms with van der Waals surface area (Å²) in [6.07, 6.45) is 3.58. The van der Waals surface area contributed by atoms with E-state index in [4.69, 9.17) is 16.3 Å². The fraction of sp³-hybridized carbons (Fsp3) is 0.417. The van der Waals surface area contributed by atoms with E-state index >= 15 is 0 Å². The Morgan fingerprint density at radius 2 is 1.90 bits per heavy atom. The van der Waals surface area contributed by atoms with Crippen molar-refractivity contribution in [2.75, 3.05) is 6.54 Å². The summed E-state index contributed by atoms with van der Waals surface area (Å²) in [5, 5.41) is 3.66. The summed E-state index contributed by atoms with van der Waals surface area (Å²) >= 11 is 6.11. The van der Waals surface area contributed by atoms with Gasteiger partial charge in [0.05, 0.1) is 0 Å². The second-order valence-corrected chi connectivity index (χ2v) is 9.18. The summed E-state index contributed by atoms with van der Waals surface area (Å²) in [4.78, 5) is 23.7. The Labute approximate surface area is 177 Å². The van der Waals surface area contributed by atoms with Gasteiger partial charge in [-0.1, -0.05) is 48.4 Å². The molecule has 2 aromatic rings. The molecule has 1 aliphatic carbocycles. The van der Waals surface area contributed by atoms with Crippen molar-refractivity contribution < 1.29 is 14.3 Å². The van der Waals surface area contributed by atoms with Crippen molar-refractivity contribution in [2.24, 2.45) is 0 Å². The van der Waals surface area contributed by atoms with E-state index in [2.05, 4.69) is 17.4 Å². The molecular formula is C24H28ClNO3. The summed E-state index contributed by atoms with van der Waals surface area (Å²) in [7, 11) is 0. The number of halogens is 1. The van der Waals surface area contributed by atoms with Crippen LogP contribution in [0.3, 0.4) is 0 Å². The molecule has 0 bridgehead atoms. The van der Waals surface area contributed by atoms with E-state index in [1.807, 2.05) is 51.1 Å². The maximum absolute atomic E-state index is 12.3. The molecule has 4 nitrogen and oxygen atoms in total. The zero-order chi connectivity index (χ0) is 21.1. The van der Waals surface area contributed by atoms with Gasteiger partial charge in [-0.25, -0.2) is 4.79 Å². The minimum absolute atomic E-state index is 0.0184. The minimum atomic E-state index is -0.554. The molecule has 3 rings (SSSR count). The van der Waals surface area contributed by atoms with Gasteiger partial charge in [-0.3, -0.25) is 4.79 Å². The molecule has 2 aromatic carbocycles. The third kappa shape index (κ3) is 4.99. The topological polar surface area (TPSA) is 55.4 Å². The van der Waals surface area contributed by atoms with Crippen LogP contribution in [0.5, 0.6) is 0 Å². The first-order valence-corrected chi connectivity index (χ1v) is 10.4. The van der Waals surface area contributed by atoms with Crippen molar-refractivity contribution in [1.82, 2.24) is 5.32 Å². The number of alkyl carbamates (subject to hydrolysis) is 1. The standard InChI is InChI=1S/C24H28ClNO3/c1-23(2,3)29-22(28)26-15-21(18-7-4-6-17(14-18)16-27)24(12-5-13-24)19-8-10-20(25)11-9-19/h4,6-11,14,16,21H,5,12-13,15H2,1-3H3,(H,26,28)/t21-/m1/s1. The smallest absolute Gasteiger partial charge is 0.407 e. The number of benzene rings is 2. The molecule has 1 saturated carbocycles. The highest BCUT2D eigenvalue weighted by atomic mass is 35.5. The zero-order valence-electron chi connectivity index (χ0n) is 17.2. The van der Waals surface area contributed by atoms with Crippen molar-refractivity contribution >= 4 is 24.0 Å². The van der Waals surface area contributed by atoms with Crippen LogP contribution >= 0.6 is 11.6 Å². The van der Waals surface area contributed by atoms with Gasteiger partial charge < -0.3 is 10.1 Å². The van der Waals surface area contributed by atoms with Crippen LogP contribution in [0.4, 0.5) is 4.79 Å². The van der Waals surface area contributed by atoms with Gasteiger partial charge in [0.1, 0.15) is 11.9 Å². The van der Waals surface area contributed by atoms with E-state index in [1.54, 1.807) is 6.07 Å². The molecule has 1 N–H and O–H groups in total. The lowest BCUT2D eigenvalue weighted by Gasteiger charge is -2.49. The minimum Gasteiger partial charge on any atom is -0.444 e. The molecule has 1 fully saturated rings. The third-order valence-corrected chi connectivity index (χ3v) is 5.88. The number of carbonyl (C=O) groups is 2. The highest BCUT2D eigenvalue weighted by molar-refractivity contribution is 6.30. The Kier molecular flexibility index (Phi) is 6.33. The van der Waals surface area contributed by atoms with E-state index in [9.17, 15) is 9.59 Å². The molecule has 29 heavy (non-hydrogen) atoms. The van der Waals surface area contributed by atoms with Gasteiger partial charge in [0.25, 0.3) is 0 Å².